The van der Waals surface area contributed by atoms with Crippen molar-refractivity contribution in [1.82, 2.24) is 10.2 Å². The number of rotatable bonds is 4. The van der Waals surface area contributed by atoms with Gasteiger partial charge in [0.15, 0.2) is 5.15 Å². The Balaban J connectivity index is 2.60. The van der Waals surface area contributed by atoms with Crippen LogP contribution in [0.3, 0.4) is 0 Å². The lowest BCUT2D eigenvalue weighted by atomic mass is 10.3. The monoisotopic (exact) mass is 199 g/mol. The quantitative estimate of drug-likeness (QED) is 0.746. The Labute approximate surface area is 83.7 Å². The Morgan fingerprint density at radius 3 is 2.92 bits per heavy atom. The summed E-state index contributed by atoms with van der Waals surface area (Å²) in [4.78, 5) is 2.13. The van der Waals surface area contributed by atoms with Gasteiger partial charge in [0.2, 0.25) is 0 Å². The van der Waals surface area contributed by atoms with Crippen LogP contribution in [0.1, 0.15) is 19.8 Å². The second kappa shape index (κ2) is 5.02. The molecule has 0 saturated carbocycles. The van der Waals surface area contributed by atoms with Gasteiger partial charge in [0.05, 0.1) is 11.9 Å². The largest absolute Gasteiger partial charge is 0.373 e. The maximum Gasteiger partial charge on any atom is 0.153 e. The van der Waals surface area contributed by atoms with Gasteiger partial charge in [0.1, 0.15) is 0 Å². The van der Waals surface area contributed by atoms with Crippen molar-refractivity contribution in [2.75, 3.05) is 18.5 Å². The molecule has 0 aliphatic heterocycles. The minimum Gasteiger partial charge on any atom is -0.373 e. The summed E-state index contributed by atoms with van der Waals surface area (Å²) in [6.45, 7) is 3.20. The Hall–Kier alpha value is -0.830. The van der Waals surface area contributed by atoms with Crippen LogP contribution in [0.5, 0.6) is 0 Å². The topological polar surface area (TPSA) is 29.0 Å². The van der Waals surface area contributed by atoms with Crippen molar-refractivity contribution < 1.29 is 0 Å². The molecule has 0 fully saturated rings. The highest BCUT2D eigenvalue weighted by atomic mass is 35.5. The molecule has 1 heterocycles. The summed E-state index contributed by atoms with van der Waals surface area (Å²) in [7, 11) is 2.03. The molecular formula is C9H14ClN3. The van der Waals surface area contributed by atoms with E-state index in [-0.39, 0.29) is 0 Å². The molecule has 1 aromatic heterocycles. The first-order valence-electron chi connectivity index (χ1n) is 4.43. The third-order valence-corrected chi connectivity index (χ3v) is 2.08. The van der Waals surface area contributed by atoms with E-state index in [1.807, 2.05) is 13.1 Å². The molecule has 0 spiro atoms. The highest BCUT2D eigenvalue weighted by Gasteiger charge is 2.01. The number of nitrogens with zero attached hydrogens (tertiary/aromatic N) is 3. The van der Waals surface area contributed by atoms with Crippen LogP contribution in [0.2, 0.25) is 5.15 Å². The summed E-state index contributed by atoms with van der Waals surface area (Å²) < 4.78 is 0. The fourth-order valence-electron chi connectivity index (χ4n) is 1.06. The lowest BCUT2D eigenvalue weighted by molar-refractivity contribution is 0.764. The maximum absolute atomic E-state index is 5.72. The second-order valence-electron chi connectivity index (χ2n) is 3.01. The Kier molecular flexibility index (Phi) is 3.96. The van der Waals surface area contributed by atoms with Crippen molar-refractivity contribution in [3.8, 4) is 0 Å². The predicted molar refractivity (Wildman–Crippen MR) is 55.2 cm³/mol. The minimum atomic E-state index is 0.445. The van der Waals surface area contributed by atoms with E-state index in [1.54, 1.807) is 6.20 Å². The van der Waals surface area contributed by atoms with Gasteiger partial charge in [-0.25, -0.2) is 0 Å². The Morgan fingerprint density at radius 2 is 2.31 bits per heavy atom. The summed E-state index contributed by atoms with van der Waals surface area (Å²) in [5.74, 6) is 0. The average molecular weight is 200 g/mol. The van der Waals surface area contributed by atoms with E-state index in [1.165, 1.54) is 12.8 Å². The normalized spacial score (nSPS) is 10.1. The molecular weight excluding hydrogens is 186 g/mol. The number of hydrogen-bond acceptors (Lipinski definition) is 3. The molecule has 0 aliphatic carbocycles. The predicted octanol–water partition coefficient (Wildman–Crippen LogP) is 2.37. The third kappa shape index (κ3) is 3.19. The molecule has 0 amide bonds. The molecule has 0 unspecified atom stereocenters. The molecule has 1 aromatic rings. The third-order valence-electron chi connectivity index (χ3n) is 1.90. The molecule has 0 aromatic carbocycles. The van der Waals surface area contributed by atoms with Crippen LogP contribution in [-0.2, 0) is 0 Å². The van der Waals surface area contributed by atoms with E-state index in [0.717, 1.165) is 12.2 Å². The van der Waals surface area contributed by atoms with Crippen LogP contribution in [0.25, 0.3) is 0 Å². The first-order valence-corrected chi connectivity index (χ1v) is 4.81. The molecule has 0 aliphatic rings. The van der Waals surface area contributed by atoms with Crippen LogP contribution >= 0.6 is 11.6 Å². The molecule has 3 nitrogen and oxygen atoms in total. The van der Waals surface area contributed by atoms with E-state index < -0.39 is 0 Å². The van der Waals surface area contributed by atoms with Gasteiger partial charge in [0, 0.05) is 19.7 Å². The molecule has 1 rings (SSSR count). The van der Waals surface area contributed by atoms with Gasteiger partial charge in [-0.05, 0) is 6.42 Å². The number of hydrogen-bond donors (Lipinski definition) is 0. The van der Waals surface area contributed by atoms with Gasteiger partial charge in [0.25, 0.3) is 0 Å². The summed E-state index contributed by atoms with van der Waals surface area (Å²) in [6.07, 6.45) is 4.09. The maximum atomic E-state index is 5.72. The van der Waals surface area contributed by atoms with Crippen LogP contribution in [0, 0.1) is 0 Å². The molecule has 0 N–H and O–H groups in total. The number of unbranched alkanes of at least 4 members (excludes halogenated alkanes) is 1. The minimum absolute atomic E-state index is 0.445. The zero-order chi connectivity index (χ0) is 9.68. The van der Waals surface area contributed by atoms with Crippen molar-refractivity contribution in [3.05, 3.63) is 17.4 Å². The molecule has 0 saturated heterocycles. The van der Waals surface area contributed by atoms with Gasteiger partial charge in [-0.2, -0.15) is 5.10 Å². The van der Waals surface area contributed by atoms with Crippen molar-refractivity contribution >= 4 is 17.3 Å². The standard InChI is InChI=1S/C9H14ClN3/c1-3-4-5-13(2)8-6-9(10)12-11-7-8/h6-7H,3-5H2,1-2H3. The zero-order valence-electron chi connectivity index (χ0n) is 8.00. The highest BCUT2D eigenvalue weighted by Crippen LogP contribution is 2.14. The highest BCUT2D eigenvalue weighted by molar-refractivity contribution is 6.29. The Morgan fingerprint density at radius 1 is 1.54 bits per heavy atom. The first-order chi connectivity index (χ1) is 6.24. The second-order valence-corrected chi connectivity index (χ2v) is 3.40. The summed E-state index contributed by atoms with van der Waals surface area (Å²) in [6, 6.07) is 1.82. The number of anilines is 1. The summed E-state index contributed by atoms with van der Waals surface area (Å²) in [5, 5.41) is 7.93. The molecule has 0 radical (unpaired) electrons. The van der Waals surface area contributed by atoms with Crippen LogP contribution in [-0.4, -0.2) is 23.8 Å². The SMILES string of the molecule is CCCCN(C)c1cnnc(Cl)c1. The lowest BCUT2D eigenvalue weighted by Gasteiger charge is -2.17. The van der Waals surface area contributed by atoms with Crippen LogP contribution < -0.4 is 4.90 Å². The average Bonchev–Trinajstić information content (AvgIpc) is 2.14. The molecule has 4 heteroatoms. The van der Waals surface area contributed by atoms with Crippen LogP contribution in [0.15, 0.2) is 12.3 Å². The fourth-order valence-corrected chi connectivity index (χ4v) is 1.22. The molecule has 72 valence electrons. The summed E-state index contributed by atoms with van der Waals surface area (Å²) in [5.41, 5.74) is 1.02. The fraction of sp³-hybridized carbons (Fsp3) is 0.556. The van der Waals surface area contributed by atoms with Crippen molar-refractivity contribution in [3.63, 3.8) is 0 Å². The zero-order valence-corrected chi connectivity index (χ0v) is 8.75. The lowest BCUT2D eigenvalue weighted by Crippen LogP contribution is -2.18. The van der Waals surface area contributed by atoms with Gasteiger partial charge in [-0.15, -0.1) is 5.10 Å². The van der Waals surface area contributed by atoms with Gasteiger partial charge in [-0.3, -0.25) is 0 Å². The summed E-state index contributed by atoms with van der Waals surface area (Å²) >= 11 is 5.72. The molecule has 0 atom stereocenters. The number of aromatic nitrogens is 2. The van der Waals surface area contributed by atoms with Gasteiger partial charge < -0.3 is 4.90 Å². The van der Waals surface area contributed by atoms with E-state index in [4.69, 9.17) is 11.6 Å². The first kappa shape index (κ1) is 10.3. The van der Waals surface area contributed by atoms with E-state index >= 15 is 0 Å². The Bertz CT molecular complexity index is 265. The van der Waals surface area contributed by atoms with Crippen LogP contribution in [0.4, 0.5) is 5.69 Å². The molecule has 13 heavy (non-hydrogen) atoms. The van der Waals surface area contributed by atoms with E-state index in [0.29, 0.717) is 5.15 Å². The molecule has 0 bridgehead atoms. The van der Waals surface area contributed by atoms with E-state index in [9.17, 15) is 0 Å². The van der Waals surface area contributed by atoms with Crippen molar-refractivity contribution in [1.29, 1.82) is 0 Å². The van der Waals surface area contributed by atoms with E-state index in [2.05, 4.69) is 22.0 Å². The van der Waals surface area contributed by atoms with Crippen molar-refractivity contribution in [2.45, 2.75) is 19.8 Å². The van der Waals surface area contributed by atoms with Crippen molar-refractivity contribution in [2.24, 2.45) is 0 Å². The van der Waals surface area contributed by atoms with Gasteiger partial charge in [-0.1, -0.05) is 24.9 Å². The number of halogens is 1. The van der Waals surface area contributed by atoms with Gasteiger partial charge >= 0.3 is 0 Å². The smallest absolute Gasteiger partial charge is 0.153 e.